The maximum absolute atomic E-state index is 11.8. The fourth-order valence-electron chi connectivity index (χ4n) is 2.88. The summed E-state index contributed by atoms with van der Waals surface area (Å²) in [6.45, 7) is 0. The Bertz CT molecular complexity index is 1070. The van der Waals surface area contributed by atoms with Crippen molar-refractivity contribution in [2.45, 2.75) is 0 Å². The fraction of sp³-hybridized carbons (Fsp3) is 0. The topological polar surface area (TPSA) is 113 Å². The van der Waals surface area contributed by atoms with Crippen LogP contribution < -0.4 is 9.47 Å². The van der Waals surface area contributed by atoms with Gasteiger partial charge in [0.05, 0.1) is 5.56 Å². The molecule has 0 saturated heterocycles. The number of carbonyl (C=O) groups is 2. The summed E-state index contributed by atoms with van der Waals surface area (Å²) in [6, 6.07) is 10.7. The number of hydrogen-bond acceptors (Lipinski definition) is 5. The van der Waals surface area contributed by atoms with Crippen molar-refractivity contribution in [3.63, 3.8) is 0 Å². The van der Waals surface area contributed by atoms with Gasteiger partial charge in [-0.3, -0.25) is 0 Å². The van der Waals surface area contributed by atoms with Crippen LogP contribution in [0.5, 0.6) is 28.7 Å². The molecule has 1 aliphatic rings. The van der Waals surface area contributed by atoms with Crippen LogP contribution in [-0.4, -0.2) is 27.3 Å². The first-order chi connectivity index (χ1) is 12.0. The van der Waals surface area contributed by atoms with Crippen molar-refractivity contribution in [3.8, 4) is 28.7 Å². The number of benzene rings is 3. The summed E-state index contributed by atoms with van der Waals surface area (Å²) >= 11 is 0. The Hall–Kier alpha value is -3.74. The third kappa shape index (κ3) is 2.13. The number of rotatable bonds is 2. The number of aromatic hydroxyl groups is 1. The lowest BCUT2D eigenvalue weighted by Crippen LogP contribution is -2.13. The molecule has 0 bridgehead atoms. The quantitative estimate of drug-likeness (QED) is 0.509. The fourth-order valence-corrected chi connectivity index (χ4v) is 2.88. The number of aromatic carboxylic acids is 2. The van der Waals surface area contributed by atoms with Crippen LogP contribution in [0, 0.1) is 0 Å². The minimum atomic E-state index is -1.47. The Morgan fingerprint density at radius 3 is 1.96 bits per heavy atom. The van der Waals surface area contributed by atoms with Crippen LogP contribution in [0.4, 0.5) is 0 Å². The Labute approximate surface area is 140 Å². The molecule has 0 spiro atoms. The minimum absolute atomic E-state index is 0.0478. The van der Waals surface area contributed by atoms with Gasteiger partial charge in [0, 0.05) is 10.8 Å². The summed E-state index contributed by atoms with van der Waals surface area (Å²) in [5.41, 5.74) is -1.00. The third-order valence-corrected chi connectivity index (χ3v) is 3.90. The molecular weight excluding hydrogens is 328 g/mol. The van der Waals surface area contributed by atoms with Crippen molar-refractivity contribution in [2.75, 3.05) is 0 Å². The van der Waals surface area contributed by atoms with Crippen molar-refractivity contribution in [2.24, 2.45) is 0 Å². The van der Waals surface area contributed by atoms with E-state index in [9.17, 15) is 24.9 Å². The number of phenols is 1. The molecule has 0 amide bonds. The van der Waals surface area contributed by atoms with E-state index < -0.39 is 23.1 Å². The Morgan fingerprint density at radius 2 is 1.36 bits per heavy atom. The molecule has 0 aromatic heterocycles. The maximum Gasteiger partial charge on any atom is 0.340 e. The Kier molecular flexibility index (Phi) is 3.04. The first-order valence-electron chi connectivity index (χ1n) is 7.21. The van der Waals surface area contributed by atoms with Crippen LogP contribution in [0.3, 0.4) is 0 Å². The van der Waals surface area contributed by atoms with Crippen molar-refractivity contribution in [1.82, 2.24) is 0 Å². The summed E-state index contributed by atoms with van der Waals surface area (Å²) in [5.74, 6) is -2.53. The molecule has 0 aliphatic carbocycles. The van der Waals surface area contributed by atoms with E-state index in [-0.39, 0.29) is 28.4 Å². The lowest BCUT2D eigenvalue weighted by atomic mass is 9.96. The molecule has 1 heterocycles. The van der Waals surface area contributed by atoms with E-state index in [1.54, 1.807) is 24.3 Å². The highest BCUT2D eigenvalue weighted by Gasteiger charge is 2.33. The van der Waals surface area contributed by atoms with Gasteiger partial charge in [-0.15, -0.1) is 0 Å². The predicted octanol–water partition coefficient (Wildman–Crippen LogP) is 3.84. The monoisotopic (exact) mass is 338 g/mol. The smallest absolute Gasteiger partial charge is 0.340 e. The summed E-state index contributed by atoms with van der Waals surface area (Å²) in [6.07, 6.45) is 0. The summed E-state index contributed by atoms with van der Waals surface area (Å²) in [7, 11) is 0. The zero-order valence-corrected chi connectivity index (χ0v) is 12.5. The van der Waals surface area contributed by atoms with Crippen LogP contribution in [0.1, 0.15) is 20.7 Å². The van der Waals surface area contributed by atoms with Gasteiger partial charge in [0.25, 0.3) is 0 Å². The molecule has 7 nitrogen and oxygen atoms in total. The molecule has 1 aliphatic heterocycles. The van der Waals surface area contributed by atoms with Gasteiger partial charge in [-0.25, -0.2) is 9.59 Å². The first-order valence-corrected chi connectivity index (χ1v) is 7.21. The van der Waals surface area contributed by atoms with Gasteiger partial charge in [0.15, 0.2) is 23.0 Å². The molecule has 0 unspecified atom stereocenters. The number of para-hydroxylation sites is 2. The second kappa shape index (κ2) is 5.13. The Morgan fingerprint density at radius 1 is 0.760 bits per heavy atom. The van der Waals surface area contributed by atoms with Gasteiger partial charge in [0.1, 0.15) is 11.3 Å². The molecule has 3 N–H and O–H groups in total. The molecule has 7 heteroatoms. The minimum Gasteiger partial charge on any atom is -0.508 e. The number of carboxylic acid groups (broad SMARTS) is 2. The van der Waals surface area contributed by atoms with E-state index in [1.165, 1.54) is 18.2 Å². The molecule has 4 rings (SSSR count). The molecule has 3 aromatic rings. The first kappa shape index (κ1) is 14.8. The SMILES string of the molecule is O=C(O)c1c2c(c3ccc(O)cc3c1C(=O)O)Oc1ccccc1O2. The lowest BCUT2D eigenvalue weighted by Gasteiger charge is -2.24. The van der Waals surface area contributed by atoms with Gasteiger partial charge < -0.3 is 24.8 Å². The van der Waals surface area contributed by atoms with Crippen LogP contribution in [-0.2, 0) is 0 Å². The van der Waals surface area contributed by atoms with Gasteiger partial charge >= 0.3 is 11.9 Å². The molecule has 25 heavy (non-hydrogen) atoms. The number of ether oxygens (including phenoxy) is 2. The normalized spacial score (nSPS) is 11.8. The van der Waals surface area contributed by atoms with Crippen molar-refractivity contribution >= 4 is 22.7 Å². The molecule has 0 radical (unpaired) electrons. The number of hydrogen-bond donors (Lipinski definition) is 3. The largest absolute Gasteiger partial charge is 0.508 e. The highest BCUT2D eigenvalue weighted by atomic mass is 16.6. The molecule has 0 fully saturated rings. The van der Waals surface area contributed by atoms with Crippen LogP contribution >= 0.6 is 0 Å². The highest BCUT2D eigenvalue weighted by molar-refractivity contribution is 6.16. The summed E-state index contributed by atoms with van der Waals surface area (Å²) in [5, 5.41) is 29.2. The third-order valence-electron chi connectivity index (χ3n) is 3.90. The van der Waals surface area contributed by atoms with Gasteiger partial charge in [0.2, 0.25) is 0 Å². The van der Waals surface area contributed by atoms with Crippen LogP contribution in [0.25, 0.3) is 10.8 Å². The predicted molar refractivity (Wildman–Crippen MR) is 86.1 cm³/mol. The molecule has 124 valence electrons. The van der Waals surface area contributed by atoms with E-state index in [1.807, 2.05) is 0 Å². The summed E-state index contributed by atoms with van der Waals surface area (Å²) in [4.78, 5) is 23.5. The van der Waals surface area contributed by atoms with Gasteiger partial charge in [-0.1, -0.05) is 12.1 Å². The van der Waals surface area contributed by atoms with Gasteiger partial charge in [-0.05, 0) is 30.3 Å². The zero-order valence-electron chi connectivity index (χ0n) is 12.5. The van der Waals surface area contributed by atoms with E-state index >= 15 is 0 Å². The number of fused-ring (bicyclic) bond motifs is 4. The second-order valence-electron chi connectivity index (χ2n) is 5.40. The zero-order chi connectivity index (χ0) is 17.7. The van der Waals surface area contributed by atoms with Crippen molar-refractivity contribution < 1.29 is 34.4 Å². The van der Waals surface area contributed by atoms with Crippen LogP contribution in [0.15, 0.2) is 42.5 Å². The molecule has 0 atom stereocenters. The standard InChI is InChI=1S/C18H10O7/c19-8-5-6-9-10(7-8)13(17(20)21)14(18(22)23)16-15(9)24-11-3-1-2-4-12(11)25-16/h1-7,19H,(H,20,21)(H,22,23). The number of carboxylic acids is 2. The Balaban J connectivity index is 2.16. The maximum atomic E-state index is 11.8. The lowest BCUT2D eigenvalue weighted by molar-refractivity contribution is 0.0650. The van der Waals surface area contributed by atoms with E-state index in [2.05, 4.69) is 0 Å². The average molecular weight is 338 g/mol. The van der Waals surface area contributed by atoms with E-state index in [0.717, 1.165) is 0 Å². The van der Waals surface area contributed by atoms with Crippen molar-refractivity contribution in [3.05, 3.63) is 53.6 Å². The van der Waals surface area contributed by atoms with E-state index in [4.69, 9.17) is 9.47 Å². The molecular formula is C18H10O7. The van der Waals surface area contributed by atoms with E-state index in [0.29, 0.717) is 11.1 Å². The van der Waals surface area contributed by atoms with Crippen LogP contribution in [0.2, 0.25) is 0 Å². The highest BCUT2D eigenvalue weighted by Crippen LogP contribution is 2.52. The molecule has 0 saturated carbocycles. The average Bonchev–Trinajstić information content (AvgIpc) is 2.58. The van der Waals surface area contributed by atoms with Crippen molar-refractivity contribution in [1.29, 1.82) is 0 Å². The van der Waals surface area contributed by atoms with Gasteiger partial charge in [-0.2, -0.15) is 0 Å². The second-order valence-corrected chi connectivity index (χ2v) is 5.40. The number of phenolic OH excluding ortho intramolecular Hbond substituents is 1. The summed E-state index contributed by atoms with van der Waals surface area (Å²) < 4.78 is 11.5. The molecule has 3 aromatic carbocycles.